The molecule has 160 valence electrons. The van der Waals surface area contributed by atoms with Gasteiger partial charge in [-0.3, -0.25) is 14.6 Å². The van der Waals surface area contributed by atoms with Crippen molar-refractivity contribution >= 4 is 23.6 Å². The van der Waals surface area contributed by atoms with E-state index in [9.17, 15) is 9.59 Å². The molecule has 1 aromatic carbocycles. The van der Waals surface area contributed by atoms with Crippen LogP contribution in [-0.2, 0) is 24.3 Å². The highest BCUT2D eigenvalue weighted by molar-refractivity contribution is 8.00. The fourth-order valence-corrected chi connectivity index (χ4v) is 4.63. The van der Waals surface area contributed by atoms with E-state index in [1.807, 2.05) is 48.4 Å². The Labute approximate surface area is 186 Å². The topological polar surface area (TPSA) is 75.4 Å². The van der Waals surface area contributed by atoms with Crippen molar-refractivity contribution in [3.63, 3.8) is 0 Å². The molecule has 0 saturated heterocycles. The van der Waals surface area contributed by atoms with Crippen molar-refractivity contribution in [3.8, 4) is 0 Å². The average Bonchev–Trinajstić information content (AvgIpc) is 3.23. The van der Waals surface area contributed by atoms with Gasteiger partial charge in [-0.2, -0.15) is 0 Å². The van der Waals surface area contributed by atoms with Crippen LogP contribution in [0.1, 0.15) is 38.5 Å². The van der Waals surface area contributed by atoms with Crippen LogP contribution in [0.25, 0.3) is 0 Å². The Kier molecular flexibility index (Phi) is 6.42. The lowest BCUT2D eigenvalue weighted by molar-refractivity contribution is -0.129. The highest BCUT2D eigenvalue weighted by atomic mass is 32.2. The summed E-state index contributed by atoms with van der Waals surface area (Å²) in [5.41, 5.74) is 4.73. The van der Waals surface area contributed by atoms with E-state index in [1.165, 1.54) is 11.8 Å². The zero-order valence-electron chi connectivity index (χ0n) is 17.7. The van der Waals surface area contributed by atoms with E-state index >= 15 is 0 Å². The van der Waals surface area contributed by atoms with Crippen molar-refractivity contribution in [2.24, 2.45) is 0 Å². The number of fused-ring (bicyclic) bond motifs is 1. The lowest BCUT2D eigenvalue weighted by atomic mass is 9.95. The molecule has 0 spiro atoms. The quantitative estimate of drug-likeness (QED) is 0.595. The minimum absolute atomic E-state index is 0.130. The molecule has 2 aromatic heterocycles. The summed E-state index contributed by atoms with van der Waals surface area (Å²) in [6.07, 6.45) is 4.14. The Hall–Kier alpha value is -3.06. The number of thioether (sulfide) groups is 1. The SMILES string of the molecule is Cc1ncc2c(c1CNC(=O)c1ccoc1C)CCN(C(=O)CSc1ccccc1)C2. The molecule has 7 heteroatoms. The molecule has 1 aliphatic heterocycles. The van der Waals surface area contributed by atoms with Gasteiger partial charge >= 0.3 is 0 Å². The van der Waals surface area contributed by atoms with Gasteiger partial charge in [0.25, 0.3) is 5.91 Å². The summed E-state index contributed by atoms with van der Waals surface area (Å²) in [6, 6.07) is 11.6. The minimum atomic E-state index is -0.159. The van der Waals surface area contributed by atoms with Gasteiger partial charge in [0.1, 0.15) is 5.76 Å². The van der Waals surface area contributed by atoms with Crippen molar-refractivity contribution in [2.45, 2.75) is 38.3 Å². The van der Waals surface area contributed by atoms with Gasteiger partial charge in [0.2, 0.25) is 5.91 Å². The summed E-state index contributed by atoms with van der Waals surface area (Å²) in [4.78, 5) is 32.7. The number of aryl methyl sites for hydroxylation is 2. The Morgan fingerprint density at radius 1 is 1.19 bits per heavy atom. The van der Waals surface area contributed by atoms with Gasteiger partial charge in [0.15, 0.2) is 0 Å². The zero-order chi connectivity index (χ0) is 21.8. The molecule has 0 unspecified atom stereocenters. The van der Waals surface area contributed by atoms with Crippen molar-refractivity contribution in [1.82, 2.24) is 15.2 Å². The number of benzene rings is 1. The number of nitrogens with zero attached hydrogens (tertiary/aromatic N) is 2. The number of hydrogen-bond acceptors (Lipinski definition) is 5. The molecule has 0 atom stereocenters. The molecule has 4 rings (SSSR count). The number of furan rings is 1. The third-order valence-corrected chi connectivity index (χ3v) is 6.58. The lowest BCUT2D eigenvalue weighted by Gasteiger charge is -2.30. The minimum Gasteiger partial charge on any atom is -0.469 e. The first kappa shape index (κ1) is 21.2. The largest absolute Gasteiger partial charge is 0.469 e. The number of nitrogens with one attached hydrogen (secondary N) is 1. The summed E-state index contributed by atoms with van der Waals surface area (Å²) in [7, 11) is 0. The fourth-order valence-electron chi connectivity index (χ4n) is 3.81. The smallest absolute Gasteiger partial charge is 0.255 e. The molecule has 3 aromatic rings. The normalized spacial score (nSPS) is 13.0. The Morgan fingerprint density at radius 3 is 2.74 bits per heavy atom. The first-order valence-electron chi connectivity index (χ1n) is 10.3. The van der Waals surface area contributed by atoms with Crippen molar-refractivity contribution in [1.29, 1.82) is 0 Å². The Bertz CT molecular complexity index is 1090. The number of amides is 2. The summed E-state index contributed by atoms with van der Waals surface area (Å²) < 4.78 is 5.22. The molecule has 0 bridgehead atoms. The van der Waals surface area contributed by atoms with E-state index in [2.05, 4.69) is 10.3 Å². The third-order valence-electron chi connectivity index (χ3n) is 5.58. The highest BCUT2D eigenvalue weighted by Gasteiger charge is 2.24. The number of aromatic nitrogens is 1. The second-order valence-corrected chi connectivity index (χ2v) is 8.61. The van der Waals surface area contributed by atoms with Gasteiger partial charge in [-0.1, -0.05) is 18.2 Å². The number of carbonyl (C=O) groups excluding carboxylic acids is 2. The Balaban J connectivity index is 1.41. The van der Waals surface area contributed by atoms with Crippen LogP contribution >= 0.6 is 11.8 Å². The highest BCUT2D eigenvalue weighted by Crippen LogP contribution is 2.25. The fraction of sp³-hybridized carbons (Fsp3) is 0.292. The van der Waals surface area contributed by atoms with Crippen LogP contribution < -0.4 is 5.32 Å². The maximum absolute atomic E-state index is 12.7. The third kappa shape index (κ3) is 4.82. The molecule has 1 N–H and O–H groups in total. The van der Waals surface area contributed by atoms with Gasteiger partial charge in [-0.25, -0.2) is 0 Å². The van der Waals surface area contributed by atoms with E-state index in [1.54, 1.807) is 24.8 Å². The molecule has 2 amide bonds. The number of pyridine rings is 1. The van der Waals surface area contributed by atoms with Crippen molar-refractivity contribution in [3.05, 3.63) is 82.6 Å². The molecule has 6 nitrogen and oxygen atoms in total. The predicted octanol–water partition coefficient (Wildman–Crippen LogP) is 3.90. The van der Waals surface area contributed by atoms with Crippen LogP contribution in [0.15, 0.2) is 58.2 Å². The molecular formula is C24H25N3O3S. The zero-order valence-corrected chi connectivity index (χ0v) is 18.5. The second-order valence-electron chi connectivity index (χ2n) is 7.57. The molecule has 0 fully saturated rings. The summed E-state index contributed by atoms with van der Waals surface area (Å²) in [5, 5.41) is 2.98. The monoisotopic (exact) mass is 435 g/mol. The molecule has 0 saturated carbocycles. The first-order chi connectivity index (χ1) is 15.0. The predicted molar refractivity (Wildman–Crippen MR) is 120 cm³/mol. The van der Waals surface area contributed by atoms with Crippen LogP contribution in [0.2, 0.25) is 0 Å². The summed E-state index contributed by atoms with van der Waals surface area (Å²) in [5.74, 6) is 0.995. The number of hydrogen-bond donors (Lipinski definition) is 1. The molecule has 0 radical (unpaired) electrons. The maximum Gasteiger partial charge on any atom is 0.255 e. The van der Waals surface area contributed by atoms with E-state index in [-0.39, 0.29) is 11.8 Å². The standard InChI is InChI=1S/C24H25N3O3S/c1-16-22(13-26-24(29)20-9-11-30-17(20)2)21-8-10-27(14-18(21)12-25-16)23(28)15-31-19-6-4-3-5-7-19/h3-7,9,11-12H,8,10,13-15H2,1-2H3,(H,26,29). The van der Waals surface area contributed by atoms with E-state index in [0.717, 1.165) is 28.1 Å². The number of rotatable bonds is 6. The first-order valence-corrected chi connectivity index (χ1v) is 11.3. The van der Waals surface area contributed by atoms with Gasteiger partial charge in [0.05, 0.1) is 17.6 Å². The van der Waals surface area contributed by atoms with Crippen molar-refractivity contribution < 1.29 is 14.0 Å². The van der Waals surface area contributed by atoms with Gasteiger partial charge in [0, 0.05) is 36.4 Å². The van der Waals surface area contributed by atoms with E-state index < -0.39 is 0 Å². The Morgan fingerprint density at radius 2 is 2.00 bits per heavy atom. The van der Waals surface area contributed by atoms with Gasteiger partial charge < -0.3 is 14.6 Å². The second kappa shape index (κ2) is 9.39. The van der Waals surface area contributed by atoms with E-state index in [4.69, 9.17) is 4.42 Å². The van der Waals surface area contributed by atoms with Crippen LogP contribution in [0.4, 0.5) is 0 Å². The lowest BCUT2D eigenvalue weighted by Crippen LogP contribution is -2.38. The molecule has 1 aliphatic rings. The van der Waals surface area contributed by atoms with Crippen LogP contribution in [-0.4, -0.2) is 34.0 Å². The van der Waals surface area contributed by atoms with E-state index in [0.29, 0.717) is 36.7 Å². The maximum atomic E-state index is 12.7. The summed E-state index contributed by atoms with van der Waals surface area (Å²) in [6.45, 7) is 5.36. The van der Waals surface area contributed by atoms with Gasteiger partial charge in [-0.15, -0.1) is 11.8 Å². The summed E-state index contributed by atoms with van der Waals surface area (Å²) >= 11 is 1.56. The molecule has 3 heterocycles. The molecule has 0 aliphatic carbocycles. The molecule has 31 heavy (non-hydrogen) atoms. The van der Waals surface area contributed by atoms with Crippen LogP contribution in [0, 0.1) is 13.8 Å². The molecular weight excluding hydrogens is 410 g/mol. The number of carbonyl (C=O) groups is 2. The van der Waals surface area contributed by atoms with Crippen molar-refractivity contribution in [2.75, 3.05) is 12.3 Å². The van der Waals surface area contributed by atoms with Crippen LogP contribution in [0.3, 0.4) is 0 Å². The average molecular weight is 436 g/mol. The van der Waals surface area contributed by atoms with Crippen LogP contribution in [0.5, 0.6) is 0 Å². The van der Waals surface area contributed by atoms with Gasteiger partial charge in [-0.05, 0) is 55.2 Å².